The Morgan fingerprint density at radius 2 is 1.53 bits per heavy atom. The molecule has 1 N–H and O–H groups in total. The van der Waals surface area contributed by atoms with Crippen molar-refractivity contribution >= 4 is 52.4 Å². The van der Waals surface area contributed by atoms with E-state index in [2.05, 4.69) is 0 Å². The fraction of sp³-hybridized carbons (Fsp3) is 0.262. The van der Waals surface area contributed by atoms with Crippen molar-refractivity contribution < 1.29 is 38.2 Å². The van der Waals surface area contributed by atoms with Crippen molar-refractivity contribution in [1.29, 1.82) is 0 Å². The van der Waals surface area contributed by atoms with Crippen LogP contribution >= 0.6 is 11.6 Å². The molecule has 8 rings (SSSR count). The molecule has 1 saturated carbocycles. The van der Waals surface area contributed by atoms with Gasteiger partial charge in [-0.3, -0.25) is 28.9 Å². The second-order valence-electron chi connectivity index (χ2n) is 14.1. The van der Waals surface area contributed by atoms with Crippen molar-refractivity contribution in [2.75, 3.05) is 23.0 Å². The van der Waals surface area contributed by atoms with Crippen LogP contribution in [0, 0.1) is 34.9 Å². The molecule has 268 valence electrons. The van der Waals surface area contributed by atoms with Crippen LogP contribution < -0.4 is 14.5 Å². The summed E-state index contributed by atoms with van der Waals surface area (Å²) in [6.07, 6.45) is 2.29. The van der Waals surface area contributed by atoms with Crippen molar-refractivity contribution in [1.82, 2.24) is 0 Å². The van der Waals surface area contributed by atoms with Crippen molar-refractivity contribution in [2.45, 2.75) is 25.7 Å². The molecule has 6 atom stereocenters. The molecule has 0 aromatic heterocycles. The summed E-state index contributed by atoms with van der Waals surface area (Å²) in [4.78, 5) is 73.1. The van der Waals surface area contributed by atoms with Gasteiger partial charge in [0.05, 0.1) is 46.2 Å². The molecule has 9 nitrogen and oxygen atoms in total. The van der Waals surface area contributed by atoms with Gasteiger partial charge < -0.3 is 9.84 Å². The summed E-state index contributed by atoms with van der Waals surface area (Å²) in [7, 11) is 0. The van der Waals surface area contributed by atoms with E-state index in [1.165, 1.54) is 17.0 Å². The number of anilines is 2. The van der Waals surface area contributed by atoms with E-state index in [4.69, 9.17) is 16.3 Å². The van der Waals surface area contributed by atoms with Crippen LogP contribution in [0.4, 0.5) is 15.8 Å². The second-order valence-corrected chi connectivity index (χ2v) is 14.5. The summed E-state index contributed by atoms with van der Waals surface area (Å²) in [5, 5.41) is 9.36. The number of imide groups is 2. The lowest BCUT2D eigenvalue weighted by Gasteiger charge is -2.49. The number of carbonyl (C=O) groups excluding carboxylic acids is 5. The van der Waals surface area contributed by atoms with Gasteiger partial charge in [0, 0.05) is 22.6 Å². The van der Waals surface area contributed by atoms with E-state index in [0.29, 0.717) is 28.1 Å². The number of ether oxygens (including phenoxy) is 1. The number of fused-ring (bicyclic) bond motifs is 4. The molecule has 2 aliphatic heterocycles. The summed E-state index contributed by atoms with van der Waals surface area (Å²) in [5.74, 6) is -6.03. The molecule has 6 unspecified atom stereocenters. The number of ketones is 1. The number of hydrogen-bond acceptors (Lipinski definition) is 7. The van der Waals surface area contributed by atoms with Gasteiger partial charge in [-0.2, -0.15) is 0 Å². The molecule has 4 aromatic rings. The van der Waals surface area contributed by atoms with E-state index in [1.54, 1.807) is 73.7 Å². The third kappa shape index (κ3) is 5.34. The summed E-state index contributed by atoms with van der Waals surface area (Å²) in [6, 6.07) is 26.0. The minimum Gasteiger partial charge on any atom is -0.491 e. The number of benzene rings is 4. The maximum absolute atomic E-state index is 14.7. The third-order valence-corrected chi connectivity index (χ3v) is 11.7. The Kier molecular flexibility index (Phi) is 8.62. The molecular formula is C42H34ClFN2O7. The van der Waals surface area contributed by atoms with Gasteiger partial charge >= 0.3 is 0 Å². The van der Waals surface area contributed by atoms with Gasteiger partial charge in [0.15, 0.2) is 5.78 Å². The second kappa shape index (κ2) is 13.2. The summed E-state index contributed by atoms with van der Waals surface area (Å²) >= 11 is 6.11. The third-order valence-electron chi connectivity index (χ3n) is 11.4. The highest BCUT2D eigenvalue weighted by Crippen LogP contribution is 2.64. The first-order valence-electron chi connectivity index (χ1n) is 17.5. The molecule has 0 spiro atoms. The van der Waals surface area contributed by atoms with Crippen LogP contribution in [0.5, 0.6) is 5.75 Å². The minimum absolute atomic E-state index is 0.0121. The number of halogens is 2. The first-order chi connectivity index (χ1) is 25.6. The van der Waals surface area contributed by atoms with Crippen LogP contribution in [0.2, 0.25) is 5.02 Å². The Balaban J connectivity index is 1.19. The SMILES string of the molecule is CC12C(=O)N(c3ccc(F)c(Cl)c3)C(=O)C1CC1C(=CCC3C(=O)N(c4ccc(C(=O)c5ccccc5)cc4)C(=O)C31)C2c1ccccc1OCCO. The molecule has 11 heteroatoms. The number of aliphatic hydroxyl groups excluding tert-OH is 1. The maximum Gasteiger partial charge on any atom is 0.241 e. The van der Waals surface area contributed by atoms with Gasteiger partial charge in [-0.1, -0.05) is 71.8 Å². The van der Waals surface area contributed by atoms with E-state index >= 15 is 0 Å². The highest BCUT2D eigenvalue weighted by atomic mass is 35.5. The van der Waals surface area contributed by atoms with Crippen molar-refractivity contribution in [2.24, 2.45) is 29.1 Å². The van der Waals surface area contributed by atoms with Gasteiger partial charge in [0.2, 0.25) is 23.6 Å². The van der Waals surface area contributed by atoms with Crippen molar-refractivity contribution in [3.63, 3.8) is 0 Å². The Morgan fingerprint density at radius 3 is 2.25 bits per heavy atom. The zero-order valence-corrected chi connectivity index (χ0v) is 29.3. The standard InChI is InChI=1S/C42H34ClFN2O7/c1-42-31(39(50)46(41(42)52)26-15-18-33(44)32(43)21-26)22-30-27(36(42)28-9-5-6-10-34(28)53-20-19-47)16-17-29-35(30)40(51)45(38(29)49)25-13-11-24(12-14-25)37(48)23-7-3-2-4-8-23/h2-16,18,21,29-31,35-36,47H,17,19-20,22H2,1H3. The molecule has 2 aliphatic carbocycles. The van der Waals surface area contributed by atoms with E-state index in [0.717, 1.165) is 16.5 Å². The number of nitrogens with zero attached hydrogens (tertiary/aromatic N) is 2. The number of para-hydroxylation sites is 1. The van der Waals surface area contributed by atoms with E-state index in [1.807, 2.05) is 18.2 Å². The number of rotatable bonds is 8. The van der Waals surface area contributed by atoms with Crippen LogP contribution in [-0.4, -0.2) is 47.7 Å². The number of carbonyl (C=O) groups is 5. The van der Waals surface area contributed by atoms with E-state index < -0.39 is 58.5 Å². The number of aliphatic hydroxyl groups is 1. The lowest BCUT2D eigenvalue weighted by Crippen LogP contribution is -2.49. The normalized spacial score (nSPS) is 26.3. The van der Waals surface area contributed by atoms with Gasteiger partial charge in [0.1, 0.15) is 18.2 Å². The molecule has 3 fully saturated rings. The topological polar surface area (TPSA) is 121 Å². The Bertz CT molecular complexity index is 2220. The summed E-state index contributed by atoms with van der Waals surface area (Å²) in [5.41, 5.74) is 1.40. The molecule has 2 heterocycles. The predicted molar refractivity (Wildman–Crippen MR) is 194 cm³/mol. The Labute approximate surface area is 309 Å². The van der Waals surface area contributed by atoms with Crippen LogP contribution in [-0.2, 0) is 19.2 Å². The molecule has 0 bridgehead atoms. The molecule has 4 aliphatic rings. The van der Waals surface area contributed by atoms with Crippen molar-refractivity contribution in [3.8, 4) is 5.75 Å². The zero-order valence-electron chi connectivity index (χ0n) is 28.6. The van der Waals surface area contributed by atoms with E-state index in [9.17, 15) is 33.5 Å². The smallest absolute Gasteiger partial charge is 0.241 e. The molecule has 53 heavy (non-hydrogen) atoms. The largest absolute Gasteiger partial charge is 0.491 e. The monoisotopic (exact) mass is 732 g/mol. The van der Waals surface area contributed by atoms with E-state index in [-0.39, 0.29) is 48.5 Å². The average molecular weight is 733 g/mol. The number of amides is 4. The number of hydrogen-bond donors (Lipinski definition) is 1. The summed E-state index contributed by atoms with van der Waals surface area (Å²) < 4.78 is 20.2. The van der Waals surface area contributed by atoms with Crippen LogP contribution in [0.25, 0.3) is 0 Å². The average Bonchev–Trinajstić information content (AvgIpc) is 3.54. The van der Waals surface area contributed by atoms with Crippen LogP contribution in [0.15, 0.2) is 109 Å². The van der Waals surface area contributed by atoms with Gasteiger partial charge in [0.25, 0.3) is 0 Å². The van der Waals surface area contributed by atoms with Gasteiger partial charge in [-0.15, -0.1) is 0 Å². The fourth-order valence-electron chi connectivity index (χ4n) is 9.01. The van der Waals surface area contributed by atoms with Crippen LogP contribution in [0.3, 0.4) is 0 Å². The van der Waals surface area contributed by atoms with Gasteiger partial charge in [-0.25, -0.2) is 9.29 Å². The first-order valence-corrected chi connectivity index (χ1v) is 17.9. The number of allylic oxidation sites excluding steroid dienone is 2. The molecule has 4 aromatic carbocycles. The fourth-order valence-corrected chi connectivity index (χ4v) is 9.18. The molecule has 0 radical (unpaired) electrons. The van der Waals surface area contributed by atoms with Gasteiger partial charge in [-0.05, 0) is 74.2 Å². The quantitative estimate of drug-likeness (QED) is 0.125. The lowest BCUT2D eigenvalue weighted by molar-refractivity contribution is -0.131. The lowest BCUT2D eigenvalue weighted by atomic mass is 9.51. The van der Waals surface area contributed by atoms with Crippen molar-refractivity contribution in [3.05, 3.63) is 136 Å². The Morgan fingerprint density at radius 1 is 0.849 bits per heavy atom. The van der Waals surface area contributed by atoms with Crippen LogP contribution in [0.1, 0.15) is 47.2 Å². The highest BCUT2D eigenvalue weighted by Gasteiger charge is 2.68. The highest BCUT2D eigenvalue weighted by molar-refractivity contribution is 6.32. The predicted octanol–water partition coefficient (Wildman–Crippen LogP) is 6.52. The Hall–Kier alpha value is -5.45. The summed E-state index contributed by atoms with van der Waals surface area (Å²) in [6.45, 7) is 1.48. The molecule has 4 amide bonds. The first kappa shape index (κ1) is 34.6. The molecule has 2 saturated heterocycles. The minimum atomic E-state index is -1.36. The maximum atomic E-state index is 14.7. The molecular weight excluding hydrogens is 699 g/mol. The zero-order chi connectivity index (χ0) is 37.2.